The Bertz CT molecular complexity index is 1150. The summed E-state index contributed by atoms with van der Waals surface area (Å²) in [5.74, 6) is 0. The van der Waals surface area contributed by atoms with E-state index in [1.165, 1.54) is 24.3 Å². The summed E-state index contributed by atoms with van der Waals surface area (Å²) in [4.78, 5) is 0.234. The van der Waals surface area contributed by atoms with E-state index in [4.69, 9.17) is 8.37 Å². The molecule has 0 aromatic heterocycles. The number of hydrogen-bond donors (Lipinski definition) is 0. The summed E-state index contributed by atoms with van der Waals surface area (Å²) in [6.45, 7) is 3.72. The van der Waals surface area contributed by atoms with Gasteiger partial charge in [-0.1, -0.05) is 59.7 Å². The van der Waals surface area contributed by atoms with Crippen LogP contribution in [0.5, 0.6) is 0 Å². The highest BCUT2D eigenvalue weighted by Gasteiger charge is 2.17. The summed E-state index contributed by atoms with van der Waals surface area (Å²) < 4.78 is 59.8. The summed E-state index contributed by atoms with van der Waals surface area (Å²) >= 11 is 0. The van der Waals surface area contributed by atoms with Gasteiger partial charge in [-0.25, -0.2) is 0 Å². The molecule has 0 saturated heterocycles. The zero-order valence-electron chi connectivity index (χ0n) is 18.0. The lowest BCUT2D eigenvalue weighted by Gasteiger charge is -2.11. The minimum atomic E-state index is -3.83. The van der Waals surface area contributed by atoms with Crippen LogP contribution in [0.25, 0.3) is 0 Å². The lowest BCUT2D eigenvalue weighted by atomic mass is 10.0. The molecule has 32 heavy (non-hydrogen) atoms. The zero-order chi connectivity index (χ0) is 23.2. The number of aryl methyl sites for hydroxylation is 2. The molecule has 8 heteroatoms. The lowest BCUT2D eigenvalue weighted by Crippen LogP contribution is -2.12. The normalized spacial score (nSPS) is 12.1. The molecule has 0 fully saturated rings. The summed E-state index contributed by atoms with van der Waals surface area (Å²) in [7, 11) is -7.67. The van der Waals surface area contributed by atoms with Crippen LogP contribution >= 0.6 is 0 Å². The summed E-state index contributed by atoms with van der Waals surface area (Å²) in [6.07, 6.45) is 0.734. The van der Waals surface area contributed by atoms with Gasteiger partial charge >= 0.3 is 0 Å². The van der Waals surface area contributed by atoms with Crippen molar-refractivity contribution >= 4 is 20.2 Å². The Kier molecular flexibility index (Phi) is 7.84. The van der Waals surface area contributed by atoms with E-state index in [-0.39, 0.29) is 23.0 Å². The van der Waals surface area contributed by atoms with Gasteiger partial charge in [0.1, 0.15) is 0 Å². The maximum absolute atomic E-state index is 12.3. The molecule has 0 heterocycles. The molecule has 0 atom stereocenters. The highest BCUT2D eigenvalue weighted by Crippen LogP contribution is 2.17. The quantitative estimate of drug-likeness (QED) is 0.409. The smallest absolute Gasteiger partial charge is 0.266 e. The van der Waals surface area contributed by atoms with Crippen molar-refractivity contribution in [3.8, 4) is 0 Å². The number of rotatable bonds is 10. The van der Waals surface area contributed by atoms with E-state index in [2.05, 4.69) is 0 Å². The fraction of sp³-hybridized carbons (Fsp3) is 0.250. The van der Waals surface area contributed by atoms with E-state index in [1.54, 1.807) is 24.3 Å². The molecule has 3 aromatic rings. The van der Waals surface area contributed by atoms with Crippen molar-refractivity contribution in [1.82, 2.24) is 0 Å². The molecule has 6 nitrogen and oxygen atoms in total. The van der Waals surface area contributed by atoms with Crippen LogP contribution in [0.1, 0.15) is 22.3 Å². The van der Waals surface area contributed by atoms with Gasteiger partial charge in [0.05, 0.1) is 23.0 Å². The van der Waals surface area contributed by atoms with Crippen LogP contribution in [0.15, 0.2) is 82.6 Å². The Labute approximate surface area is 190 Å². The largest absolute Gasteiger partial charge is 0.296 e. The minimum absolute atomic E-state index is 0.0181. The summed E-state index contributed by atoms with van der Waals surface area (Å²) in [6, 6.07) is 20.4. The van der Waals surface area contributed by atoms with Gasteiger partial charge in [-0.15, -0.1) is 0 Å². The first-order valence-corrected chi connectivity index (χ1v) is 13.0. The van der Waals surface area contributed by atoms with Crippen molar-refractivity contribution in [3.63, 3.8) is 0 Å². The van der Waals surface area contributed by atoms with Crippen molar-refractivity contribution in [3.05, 3.63) is 95.1 Å². The molecule has 0 bridgehead atoms. The maximum atomic E-state index is 12.3. The van der Waals surface area contributed by atoms with Crippen LogP contribution in [0.3, 0.4) is 0 Å². The first kappa shape index (κ1) is 24.1. The van der Waals surface area contributed by atoms with E-state index in [0.717, 1.165) is 22.3 Å². The van der Waals surface area contributed by atoms with E-state index in [1.807, 2.05) is 38.1 Å². The molecule has 3 aromatic carbocycles. The molecule has 0 saturated carbocycles. The molecular weight excluding hydrogens is 448 g/mol. The lowest BCUT2D eigenvalue weighted by molar-refractivity contribution is 0.315. The molecule has 3 rings (SSSR count). The van der Waals surface area contributed by atoms with Crippen LogP contribution in [0.4, 0.5) is 0 Å². The standard InChI is InChI=1S/C24H26O6S2/c1-19-7-11-23(12-8-19)31(25,26)29-17-15-21-5-3-4-6-22(21)16-18-30-32(27,28)24-13-9-20(2)10-14-24/h3-14H,15-18H2,1-2H3. The van der Waals surface area contributed by atoms with Crippen molar-refractivity contribution in [1.29, 1.82) is 0 Å². The number of hydrogen-bond acceptors (Lipinski definition) is 6. The highest BCUT2D eigenvalue weighted by atomic mass is 32.2. The van der Waals surface area contributed by atoms with E-state index >= 15 is 0 Å². The van der Waals surface area contributed by atoms with E-state index < -0.39 is 20.2 Å². The average molecular weight is 475 g/mol. The Morgan fingerprint density at radius 1 is 0.562 bits per heavy atom. The fourth-order valence-corrected chi connectivity index (χ4v) is 4.93. The Balaban J connectivity index is 1.57. The van der Waals surface area contributed by atoms with Gasteiger partial charge in [-0.2, -0.15) is 16.8 Å². The van der Waals surface area contributed by atoms with Crippen LogP contribution in [0, 0.1) is 13.8 Å². The Morgan fingerprint density at radius 2 is 0.906 bits per heavy atom. The molecule has 0 aliphatic rings. The van der Waals surface area contributed by atoms with Gasteiger partial charge in [-0.05, 0) is 62.1 Å². The maximum Gasteiger partial charge on any atom is 0.296 e. The molecule has 170 valence electrons. The third-order valence-corrected chi connectivity index (χ3v) is 7.61. The molecule has 0 radical (unpaired) electrons. The third-order valence-electron chi connectivity index (χ3n) is 4.96. The Hall–Kier alpha value is -2.52. The van der Waals surface area contributed by atoms with Gasteiger partial charge in [0, 0.05) is 0 Å². The monoisotopic (exact) mass is 474 g/mol. The van der Waals surface area contributed by atoms with Crippen molar-refractivity contribution in [2.45, 2.75) is 36.5 Å². The SMILES string of the molecule is Cc1ccc(S(=O)(=O)OCCc2ccccc2CCOS(=O)(=O)c2ccc(C)cc2)cc1. The summed E-state index contributed by atoms with van der Waals surface area (Å²) in [5.41, 5.74) is 3.68. The van der Waals surface area contributed by atoms with Gasteiger partial charge in [-0.3, -0.25) is 8.37 Å². The third kappa shape index (κ3) is 6.49. The topological polar surface area (TPSA) is 86.7 Å². The average Bonchev–Trinajstić information content (AvgIpc) is 2.75. The predicted octanol–water partition coefficient (Wildman–Crippen LogP) is 4.20. The second-order valence-corrected chi connectivity index (χ2v) is 10.7. The van der Waals surface area contributed by atoms with E-state index in [9.17, 15) is 16.8 Å². The first-order valence-electron chi connectivity index (χ1n) is 10.2. The Morgan fingerprint density at radius 3 is 1.25 bits per heavy atom. The van der Waals surface area contributed by atoms with Crippen LogP contribution in [0.2, 0.25) is 0 Å². The molecule has 0 aliphatic heterocycles. The van der Waals surface area contributed by atoms with Gasteiger partial charge in [0.2, 0.25) is 0 Å². The molecular formula is C24H26O6S2. The highest BCUT2D eigenvalue weighted by molar-refractivity contribution is 7.87. The van der Waals surface area contributed by atoms with Gasteiger partial charge in [0.15, 0.2) is 0 Å². The van der Waals surface area contributed by atoms with Crippen LogP contribution in [-0.2, 0) is 41.4 Å². The van der Waals surface area contributed by atoms with Crippen molar-refractivity contribution in [2.24, 2.45) is 0 Å². The molecule has 0 aliphatic carbocycles. The predicted molar refractivity (Wildman–Crippen MR) is 122 cm³/mol. The fourth-order valence-electron chi connectivity index (χ4n) is 3.11. The van der Waals surface area contributed by atoms with Crippen molar-refractivity contribution < 1.29 is 25.2 Å². The summed E-state index contributed by atoms with van der Waals surface area (Å²) in [5, 5.41) is 0. The minimum Gasteiger partial charge on any atom is -0.266 e. The number of benzene rings is 3. The molecule has 0 spiro atoms. The second-order valence-electron chi connectivity index (χ2n) is 7.45. The molecule has 0 N–H and O–H groups in total. The second kappa shape index (κ2) is 10.4. The van der Waals surface area contributed by atoms with Crippen molar-refractivity contribution in [2.75, 3.05) is 13.2 Å². The first-order chi connectivity index (χ1) is 15.2. The zero-order valence-corrected chi connectivity index (χ0v) is 19.7. The molecule has 0 amide bonds. The van der Waals surface area contributed by atoms with Crippen LogP contribution < -0.4 is 0 Å². The van der Waals surface area contributed by atoms with Crippen LogP contribution in [-0.4, -0.2) is 30.0 Å². The molecule has 0 unspecified atom stereocenters. The van der Waals surface area contributed by atoms with Gasteiger partial charge < -0.3 is 0 Å². The van der Waals surface area contributed by atoms with Gasteiger partial charge in [0.25, 0.3) is 20.2 Å². The van der Waals surface area contributed by atoms with E-state index in [0.29, 0.717) is 12.8 Å².